The van der Waals surface area contributed by atoms with Gasteiger partial charge in [-0.2, -0.15) is 0 Å². The topological polar surface area (TPSA) is 95.9 Å². The fourth-order valence-electron chi connectivity index (χ4n) is 3.53. The summed E-state index contributed by atoms with van der Waals surface area (Å²) >= 11 is 0. The molecular formula is C18H22N2O5. The SMILES string of the molecule is COC1(C(=O)O)CCN(C(=O)CCC2Cc3ccccc3NC2=O)C1. The highest BCUT2D eigenvalue weighted by atomic mass is 16.5. The number of hydrogen-bond donors (Lipinski definition) is 2. The first kappa shape index (κ1) is 17.4. The van der Waals surface area contributed by atoms with Crippen molar-refractivity contribution in [1.82, 2.24) is 4.90 Å². The number of anilines is 1. The van der Waals surface area contributed by atoms with Crippen molar-refractivity contribution in [3.63, 3.8) is 0 Å². The summed E-state index contributed by atoms with van der Waals surface area (Å²) in [7, 11) is 1.35. The molecule has 134 valence electrons. The van der Waals surface area contributed by atoms with Gasteiger partial charge in [-0.25, -0.2) is 4.79 Å². The summed E-state index contributed by atoms with van der Waals surface area (Å²) in [6, 6.07) is 7.65. The summed E-state index contributed by atoms with van der Waals surface area (Å²) in [6.07, 6.45) is 1.57. The number of methoxy groups -OCH3 is 1. The van der Waals surface area contributed by atoms with Crippen molar-refractivity contribution in [2.75, 3.05) is 25.5 Å². The molecule has 2 heterocycles. The minimum atomic E-state index is -1.31. The van der Waals surface area contributed by atoms with E-state index >= 15 is 0 Å². The van der Waals surface area contributed by atoms with E-state index in [1.807, 2.05) is 24.3 Å². The van der Waals surface area contributed by atoms with Crippen LogP contribution >= 0.6 is 0 Å². The molecule has 0 aromatic heterocycles. The van der Waals surface area contributed by atoms with Crippen molar-refractivity contribution in [2.24, 2.45) is 5.92 Å². The quantitative estimate of drug-likeness (QED) is 0.837. The van der Waals surface area contributed by atoms with Gasteiger partial charge in [-0.15, -0.1) is 0 Å². The number of amides is 2. The highest BCUT2D eigenvalue weighted by molar-refractivity contribution is 5.96. The lowest BCUT2D eigenvalue weighted by Gasteiger charge is -2.26. The lowest BCUT2D eigenvalue weighted by atomic mass is 9.89. The molecule has 1 aromatic carbocycles. The van der Waals surface area contributed by atoms with Gasteiger partial charge in [0, 0.05) is 38.1 Å². The van der Waals surface area contributed by atoms with Crippen LogP contribution in [-0.4, -0.2) is 53.6 Å². The van der Waals surface area contributed by atoms with E-state index in [2.05, 4.69) is 5.32 Å². The van der Waals surface area contributed by atoms with E-state index in [-0.39, 0.29) is 37.1 Å². The third kappa shape index (κ3) is 3.37. The van der Waals surface area contributed by atoms with E-state index in [0.29, 0.717) is 19.4 Å². The van der Waals surface area contributed by atoms with E-state index in [9.17, 15) is 19.5 Å². The molecule has 1 aromatic rings. The van der Waals surface area contributed by atoms with E-state index in [0.717, 1.165) is 11.3 Å². The first-order chi connectivity index (χ1) is 11.9. The maximum Gasteiger partial charge on any atom is 0.337 e. The van der Waals surface area contributed by atoms with Crippen LogP contribution in [0.5, 0.6) is 0 Å². The molecule has 7 heteroatoms. The Labute approximate surface area is 146 Å². The number of hydrogen-bond acceptors (Lipinski definition) is 4. The fourth-order valence-corrected chi connectivity index (χ4v) is 3.53. The fraction of sp³-hybridized carbons (Fsp3) is 0.500. The smallest absolute Gasteiger partial charge is 0.337 e. The second kappa shape index (κ2) is 6.84. The van der Waals surface area contributed by atoms with E-state index in [1.165, 1.54) is 12.0 Å². The Morgan fingerprint density at radius 2 is 2.16 bits per heavy atom. The first-order valence-electron chi connectivity index (χ1n) is 8.40. The number of para-hydroxylation sites is 1. The second-order valence-corrected chi connectivity index (χ2v) is 6.65. The highest BCUT2D eigenvalue weighted by Crippen LogP contribution is 2.29. The third-order valence-corrected chi connectivity index (χ3v) is 5.18. The monoisotopic (exact) mass is 346 g/mol. The Morgan fingerprint density at radius 3 is 2.84 bits per heavy atom. The van der Waals surface area contributed by atoms with Crippen molar-refractivity contribution in [3.8, 4) is 0 Å². The maximum atomic E-state index is 12.4. The van der Waals surface area contributed by atoms with Crippen LogP contribution in [0.15, 0.2) is 24.3 Å². The number of aliphatic carboxylic acids is 1. The lowest BCUT2D eigenvalue weighted by Crippen LogP contribution is -2.44. The van der Waals surface area contributed by atoms with Crippen LogP contribution in [-0.2, 0) is 25.5 Å². The number of carbonyl (C=O) groups excluding carboxylic acids is 2. The predicted octanol–water partition coefficient (Wildman–Crippen LogP) is 1.28. The number of carboxylic acid groups (broad SMARTS) is 1. The molecule has 2 aliphatic rings. The van der Waals surface area contributed by atoms with Crippen molar-refractivity contribution in [1.29, 1.82) is 0 Å². The van der Waals surface area contributed by atoms with Crippen LogP contribution in [0, 0.1) is 5.92 Å². The van der Waals surface area contributed by atoms with Gasteiger partial charge < -0.3 is 20.1 Å². The van der Waals surface area contributed by atoms with Gasteiger partial charge in [-0.05, 0) is 24.5 Å². The van der Waals surface area contributed by atoms with Crippen molar-refractivity contribution in [2.45, 2.75) is 31.3 Å². The zero-order chi connectivity index (χ0) is 18.0. The minimum Gasteiger partial charge on any atom is -0.479 e. The van der Waals surface area contributed by atoms with Gasteiger partial charge in [0.25, 0.3) is 0 Å². The Balaban J connectivity index is 1.57. The average Bonchev–Trinajstić information content (AvgIpc) is 3.06. The molecule has 2 unspecified atom stereocenters. The summed E-state index contributed by atoms with van der Waals surface area (Å²) in [4.78, 5) is 37.5. The molecule has 2 atom stereocenters. The van der Waals surface area contributed by atoms with Crippen LogP contribution < -0.4 is 5.32 Å². The van der Waals surface area contributed by atoms with Crippen LogP contribution in [0.3, 0.4) is 0 Å². The Bertz CT molecular complexity index is 704. The zero-order valence-electron chi connectivity index (χ0n) is 14.2. The van der Waals surface area contributed by atoms with Gasteiger partial charge in [0.1, 0.15) is 0 Å². The van der Waals surface area contributed by atoms with Crippen molar-refractivity contribution < 1.29 is 24.2 Å². The minimum absolute atomic E-state index is 0.0529. The molecule has 0 saturated carbocycles. The number of nitrogens with zero attached hydrogens (tertiary/aromatic N) is 1. The van der Waals surface area contributed by atoms with Crippen molar-refractivity contribution >= 4 is 23.5 Å². The molecule has 3 rings (SSSR count). The van der Waals surface area contributed by atoms with Gasteiger partial charge in [-0.3, -0.25) is 9.59 Å². The van der Waals surface area contributed by atoms with Gasteiger partial charge in [0.15, 0.2) is 5.60 Å². The average molecular weight is 346 g/mol. The predicted molar refractivity (Wildman–Crippen MR) is 90.1 cm³/mol. The lowest BCUT2D eigenvalue weighted by molar-refractivity contribution is -0.161. The molecule has 1 saturated heterocycles. The number of carbonyl (C=O) groups is 3. The van der Waals surface area contributed by atoms with E-state index < -0.39 is 11.6 Å². The van der Waals surface area contributed by atoms with Gasteiger partial charge in [0.2, 0.25) is 11.8 Å². The molecular weight excluding hydrogens is 324 g/mol. The number of likely N-dealkylation sites (tertiary alicyclic amines) is 1. The van der Waals surface area contributed by atoms with Gasteiger partial charge in [0.05, 0.1) is 6.54 Å². The zero-order valence-corrected chi connectivity index (χ0v) is 14.2. The molecule has 2 amide bonds. The van der Waals surface area contributed by atoms with Gasteiger partial charge >= 0.3 is 5.97 Å². The second-order valence-electron chi connectivity index (χ2n) is 6.65. The van der Waals surface area contributed by atoms with Crippen LogP contribution in [0.25, 0.3) is 0 Å². The van der Waals surface area contributed by atoms with Crippen LogP contribution in [0.4, 0.5) is 5.69 Å². The standard InChI is InChI=1S/C18H22N2O5/c1-25-18(17(23)24)8-9-20(11-18)15(21)7-6-13-10-12-4-2-3-5-14(12)19-16(13)22/h2-5,13H,6-11H2,1H3,(H,19,22)(H,23,24). The van der Waals surface area contributed by atoms with E-state index in [1.54, 1.807) is 0 Å². The summed E-state index contributed by atoms with van der Waals surface area (Å²) in [5.74, 6) is -1.49. The number of benzene rings is 1. The summed E-state index contributed by atoms with van der Waals surface area (Å²) < 4.78 is 5.13. The molecule has 2 aliphatic heterocycles. The normalized spacial score (nSPS) is 25.4. The number of nitrogens with one attached hydrogen (secondary N) is 1. The summed E-state index contributed by atoms with van der Waals surface area (Å²) in [6.45, 7) is 0.413. The van der Waals surface area contributed by atoms with Crippen LogP contribution in [0.2, 0.25) is 0 Å². The molecule has 0 bridgehead atoms. The Morgan fingerprint density at radius 1 is 1.40 bits per heavy atom. The Kier molecular flexibility index (Phi) is 4.76. The molecule has 1 fully saturated rings. The summed E-state index contributed by atoms with van der Waals surface area (Å²) in [5, 5.41) is 12.2. The highest BCUT2D eigenvalue weighted by Gasteiger charge is 2.46. The largest absolute Gasteiger partial charge is 0.479 e. The molecule has 7 nitrogen and oxygen atoms in total. The molecule has 0 aliphatic carbocycles. The molecule has 2 N–H and O–H groups in total. The molecule has 0 spiro atoms. The van der Waals surface area contributed by atoms with Gasteiger partial charge in [-0.1, -0.05) is 18.2 Å². The first-order valence-corrected chi connectivity index (χ1v) is 8.40. The summed E-state index contributed by atoms with van der Waals surface area (Å²) in [5.41, 5.74) is 0.600. The third-order valence-electron chi connectivity index (χ3n) is 5.18. The number of rotatable bonds is 5. The molecule has 25 heavy (non-hydrogen) atoms. The molecule has 0 radical (unpaired) electrons. The number of carboxylic acids is 1. The van der Waals surface area contributed by atoms with Crippen molar-refractivity contribution in [3.05, 3.63) is 29.8 Å². The number of fused-ring (bicyclic) bond motifs is 1. The van der Waals surface area contributed by atoms with E-state index in [4.69, 9.17) is 4.74 Å². The maximum absolute atomic E-state index is 12.4. The van der Waals surface area contributed by atoms with Crippen LogP contribution in [0.1, 0.15) is 24.8 Å². The Hall–Kier alpha value is -2.41. The number of ether oxygens (including phenoxy) is 1.